The zero-order valence-corrected chi connectivity index (χ0v) is 38.5. The van der Waals surface area contributed by atoms with E-state index in [1.54, 1.807) is 37.7 Å². The molecule has 2 aliphatic carbocycles. The van der Waals surface area contributed by atoms with Crippen molar-refractivity contribution in [2.45, 2.75) is 146 Å². The number of nitrogens with one attached hydrogen (secondary N) is 6. The highest BCUT2D eigenvalue weighted by atomic mass is 16.2. The third-order valence-electron chi connectivity index (χ3n) is 14.1. The normalized spacial score (nSPS) is 22.1. The van der Waals surface area contributed by atoms with Gasteiger partial charge in [-0.25, -0.2) is 0 Å². The van der Waals surface area contributed by atoms with Crippen LogP contribution in [0.25, 0.3) is 0 Å². The molecular formula is C51H68N8O6. The first kappa shape index (κ1) is 47.4. The molecule has 0 radical (unpaired) electrons. The predicted octanol–water partition coefficient (Wildman–Crippen LogP) is 4.24. The van der Waals surface area contributed by atoms with Crippen LogP contribution in [-0.2, 0) is 48.0 Å². The summed E-state index contributed by atoms with van der Waals surface area (Å²) < 4.78 is 0. The van der Waals surface area contributed by atoms with Gasteiger partial charge in [0.15, 0.2) is 0 Å². The molecule has 3 aromatic carbocycles. The van der Waals surface area contributed by atoms with E-state index in [-0.39, 0.29) is 47.5 Å². The lowest BCUT2D eigenvalue weighted by Gasteiger charge is -2.32. The SMILES string of the molecule is CN[C@@H](C)C(=O)N[C@@H](CCCc1cccc([C@H](NC(=O)[C@H](C)NC)C(=O)N2CCC[C@H]2C(=O)N[C@@H]2CCCc3ccccc32)c1)C(=O)N1CCC[C@H]1C(=O)N[C@@H]1CCCc2ccccc21. The van der Waals surface area contributed by atoms with Gasteiger partial charge in [0, 0.05) is 13.1 Å². The highest BCUT2D eigenvalue weighted by Crippen LogP contribution is 2.33. The number of likely N-dealkylation sites (tertiary alicyclic amines) is 2. The standard InChI is InChI=1S/C51H68N8O6/c1-32(52-3)46(60)56-42(50(64)58-29-13-27-43(58)48(62)54-40-24-11-19-35-17-5-7-22-38(35)40)26-10-16-34-15-9-21-37(31-34)45(57-47(61)33(2)53-4)51(65)59-30-14-28-44(59)49(63)55-41-25-12-20-36-18-6-8-23-39(36)41/h5-9,15,17-18,21-23,31-33,40-45,52-53H,10-14,16,19-20,24-30H2,1-4H3,(H,54,62)(H,55,63)(H,56,60)(H,57,61)/t32-,33-,40+,41+,42-,43-,44-,45-/m0/s1. The van der Waals surface area contributed by atoms with Crippen LogP contribution in [0.4, 0.5) is 0 Å². The maximum absolute atomic E-state index is 14.6. The lowest BCUT2D eigenvalue weighted by Crippen LogP contribution is -2.55. The molecule has 2 saturated heterocycles. The fraction of sp³-hybridized carbons (Fsp3) is 0.529. The highest BCUT2D eigenvalue weighted by Gasteiger charge is 2.41. The van der Waals surface area contributed by atoms with Gasteiger partial charge in [0.1, 0.15) is 24.2 Å². The molecule has 2 aliphatic heterocycles. The fourth-order valence-electron chi connectivity index (χ4n) is 10.1. The Morgan fingerprint density at radius 3 is 1.69 bits per heavy atom. The van der Waals surface area contributed by atoms with Gasteiger partial charge < -0.3 is 41.7 Å². The van der Waals surface area contributed by atoms with Gasteiger partial charge in [-0.3, -0.25) is 28.8 Å². The molecule has 2 heterocycles. The van der Waals surface area contributed by atoms with Crippen molar-refractivity contribution in [3.8, 4) is 0 Å². The molecule has 0 spiro atoms. The van der Waals surface area contributed by atoms with E-state index in [9.17, 15) is 28.8 Å². The number of aryl methyl sites for hydroxylation is 3. The van der Waals surface area contributed by atoms with Crippen LogP contribution in [0.1, 0.15) is 130 Å². The molecule has 14 heteroatoms. The third kappa shape index (κ3) is 11.3. The molecule has 8 atom stereocenters. The quantitative estimate of drug-likeness (QED) is 0.117. The monoisotopic (exact) mass is 889 g/mol. The topological polar surface area (TPSA) is 181 Å². The molecule has 3 aromatic rings. The Hall–Kier alpha value is -5.60. The van der Waals surface area contributed by atoms with Crippen LogP contribution >= 0.6 is 0 Å². The molecule has 0 aromatic heterocycles. The summed E-state index contributed by atoms with van der Waals surface area (Å²) in [4.78, 5) is 86.8. The zero-order valence-electron chi connectivity index (χ0n) is 38.5. The van der Waals surface area contributed by atoms with Crippen LogP contribution < -0.4 is 31.9 Å². The van der Waals surface area contributed by atoms with Gasteiger partial charge in [-0.1, -0.05) is 72.8 Å². The lowest BCUT2D eigenvalue weighted by atomic mass is 9.87. The van der Waals surface area contributed by atoms with Crippen molar-refractivity contribution in [1.29, 1.82) is 0 Å². The number of carbonyl (C=O) groups is 6. The summed E-state index contributed by atoms with van der Waals surface area (Å²) in [6, 6.07) is 19.4. The van der Waals surface area contributed by atoms with Crippen molar-refractivity contribution < 1.29 is 28.8 Å². The summed E-state index contributed by atoms with van der Waals surface area (Å²) in [5, 5.41) is 18.4. The first-order valence-electron chi connectivity index (χ1n) is 23.9. The fourth-order valence-corrected chi connectivity index (χ4v) is 10.1. The average Bonchev–Trinajstić information content (AvgIpc) is 4.04. The average molecular weight is 889 g/mol. The molecule has 0 unspecified atom stereocenters. The second-order valence-corrected chi connectivity index (χ2v) is 18.3. The molecule has 14 nitrogen and oxygen atoms in total. The number of likely N-dealkylation sites (N-methyl/N-ethyl adjacent to an activating group) is 2. The second kappa shape index (κ2) is 22.1. The van der Waals surface area contributed by atoms with Gasteiger partial charge in [0.25, 0.3) is 0 Å². The van der Waals surface area contributed by atoms with Crippen LogP contribution in [0.15, 0.2) is 72.8 Å². The van der Waals surface area contributed by atoms with Gasteiger partial charge in [-0.2, -0.15) is 0 Å². The van der Waals surface area contributed by atoms with Crippen molar-refractivity contribution in [2.24, 2.45) is 0 Å². The number of carbonyl (C=O) groups excluding carboxylic acids is 6. The minimum atomic E-state index is -1.04. The summed E-state index contributed by atoms with van der Waals surface area (Å²) in [5.74, 6) is -1.63. The van der Waals surface area contributed by atoms with Crippen LogP contribution in [0.2, 0.25) is 0 Å². The van der Waals surface area contributed by atoms with E-state index in [4.69, 9.17) is 0 Å². The third-order valence-corrected chi connectivity index (χ3v) is 14.1. The minimum Gasteiger partial charge on any atom is -0.347 e. The molecule has 2 fully saturated rings. The summed E-state index contributed by atoms with van der Waals surface area (Å²) in [6.45, 7) is 4.28. The molecule has 348 valence electrons. The van der Waals surface area contributed by atoms with E-state index in [0.717, 1.165) is 55.2 Å². The summed E-state index contributed by atoms with van der Waals surface area (Å²) in [7, 11) is 3.37. The first-order valence-corrected chi connectivity index (χ1v) is 23.9. The predicted molar refractivity (Wildman–Crippen MR) is 249 cm³/mol. The Kier molecular flexibility index (Phi) is 16.1. The molecule has 65 heavy (non-hydrogen) atoms. The van der Waals surface area contributed by atoms with Crippen LogP contribution in [-0.4, -0.2) is 103 Å². The maximum atomic E-state index is 14.6. The van der Waals surface area contributed by atoms with Crippen molar-refractivity contribution in [3.05, 3.63) is 106 Å². The lowest BCUT2D eigenvalue weighted by molar-refractivity contribution is -0.142. The van der Waals surface area contributed by atoms with Crippen molar-refractivity contribution >= 4 is 35.4 Å². The van der Waals surface area contributed by atoms with E-state index in [0.29, 0.717) is 63.6 Å². The Morgan fingerprint density at radius 2 is 1.14 bits per heavy atom. The summed E-state index contributed by atoms with van der Waals surface area (Å²) in [6.07, 6.45) is 9.36. The Balaban J connectivity index is 1.04. The minimum absolute atomic E-state index is 0.107. The number of benzene rings is 3. The molecule has 7 rings (SSSR count). The number of nitrogens with zero attached hydrogens (tertiary/aromatic N) is 2. The smallest absolute Gasteiger partial charge is 0.250 e. The van der Waals surface area contributed by atoms with Crippen molar-refractivity contribution in [2.75, 3.05) is 27.2 Å². The maximum Gasteiger partial charge on any atom is 0.250 e. The van der Waals surface area contributed by atoms with Gasteiger partial charge >= 0.3 is 0 Å². The van der Waals surface area contributed by atoms with Gasteiger partial charge in [0.2, 0.25) is 35.4 Å². The molecule has 6 N–H and O–H groups in total. The second-order valence-electron chi connectivity index (χ2n) is 18.3. The molecule has 0 bridgehead atoms. The Morgan fingerprint density at radius 1 is 0.615 bits per heavy atom. The molecule has 6 amide bonds. The number of fused-ring (bicyclic) bond motifs is 2. The highest BCUT2D eigenvalue weighted by molar-refractivity contribution is 5.95. The van der Waals surface area contributed by atoms with Crippen molar-refractivity contribution in [3.63, 3.8) is 0 Å². The Labute approximate surface area is 383 Å². The van der Waals surface area contributed by atoms with E-state index in [1.165, 1.54) is 11.1 Å². The van der Waals surface area contributed by atoms with Crippen LogP contribution in [0.3, 0.4) is 0 Å². The van der Waals surface area contributed by atoms with Crippen molar-refractivity contribution in [1.82, 2.24) is 41.7 Å². The van der Waals surface area contributed by atoms with Crippen LogP contribution in [0, 0.1) is 0 Å². The van der Waals surface area contributed by atoms with Gasteiger partial charge in [-0.15, -0.1) is 0 Å². The molecule has 4 aliphatic rings. The number of rotatable bonds is 17. The van der Waals surface area contributed by atoms with E-state index >= 15 is 0 Å². The first-order chi connectivity index (χ1) is 31.5. The number of hydrogen-bond donors (Lipinski definition) is 6. The summed E-state index contributed by atoms with van der Waals surface area (Å²) in [5.41, 5.74) is 6.21. The van der Waals surface area contributed by atoms with Crippen LogP contribution in [0.5, 0.6) is 0 Å². The molecular weight excluding hydrogens is 821 g/mol. The zero-order chi connectivity index (χ0) is 46.0. The van der Waals surface area contributed by atoms with Gasteiger partial charge in [-0.05, 0) is 145 Å². The van der Waals surface area contributed by atoms with E-state index in [1.807, 2.05) is 48.5 Å². The Bertz CT molecular complexity index is 2200. The molecule has 0 saturated carbocycles. The van der Waals surface area contributed by atoms with Gasteiger partial charge in [0.05, 0.1) is 24.2 Å². The largest absolute Gasteiger partial charge is 0.347 e. The van der Waals surface area contributed by atoms with E-state index < -0.39 is 36.3 Å². The van der Waals surface area contributed by atoms with E-state index in [2.05, 4.69) is 56.2 Å². The summed E-state index contributed by atoms with van der Waals surface area (Å²) >= 11 is 0. The number of hydrogen-bond acceptors (Lipinski definition) is 8. The number of amides is 6.